The van der Waals surface area contributed by atoms with Crippen LogP contribution in [-0.4, -0.2) is 24.7 Å². The summed E-state index contributed by atoms with van der Waals surface area (Å²) in [6.45, 7) is 0.522. The molecular weight excluding hydrogens is 278 g/mol. The molecule has 0 saturated heterocycles. The number of aromatic hydroxyl groups is 1. The van der Waals surface area contributed by atoms with E-state index in [0.29, 0.717) is 25.8 Å². The van der Waals surface area contributed by atoms with Crippen molar-refractivity contribution >= 4 is 5.91 Å². The molecule has 116 valence electrons. The largest absolute Gasteiger partial charge is 0.508 e. The van der Waals surface area contributed by atoms with Crippen molar-refractivity contribution < 1.29 is 14.6 Å². The zero-order valence-corrected chi connectivity index (χ0v) is 12.7. The zero-order valence-electron chi connectivity index (χ0n) is 12.7. The van der Waals surface area contributed by atoms with Crippen molar-refractivity contribution in [1.29, 1.82) is 0 Å². The highest BCUT2D eigenvalue weighted by atomic mass is 16.5. The Morgan fingerprint density at radius 3 is 2.73 bits per heavy atom. The van der Waals surface area contributed by atoms with E-state index in [0.717, 1.165) is 16.9 Å². The minimum Gasteiger partial charge on any atom is -0.508 e. The van der Waals surface area contributed by atoms with Crippen LogP contribution in [0.4, 0.5) is 0 Å². The number of para-hydroxylation sites is 1. The number of rotatable bonds is 7. The van der Waals surface area contributed by atoms with E-state index < -0.39 is 0 Å². The van der Waals surface area contributed by atoms with Crippen molar-refractivity contribution in [2.24, 2.45) is 0 Å². The number of carbonyl (C=O) groups excluding carboxylic acids is 1. The Balaban J connectivity index is 1.73. The van der Waals surface area contributed by atoms with Gasteiger partial charge in [-0.1, -0.05) is 30.3 Å². The third kappa shape index (κ3) is 4.81. The van der Waals surface area contributed by atoms with Gasteiger partial charge in [0.2, 0.25) is 5.91 Å². The topological polar surface area (TPSA) is 58.6 Å². The van der Waals surface area contributed by atoms with Gasteiger partial charge in [-0.3, -0.25) is 4.79 Å². The number of ether oxygens (including phenoxy) is 1. The van der Waals surface area contributed by atoms with E-state index in [9.17, 15) is 9.90 Å². The third-order valence-corrected chi connectivity index (χ3v) is 3.48. The van der Waals surface area contributed by atoms with Gasteiger partial charge in [0.05, 0.1) is 7.11 Å². The number of hydrogen-bond acceptors (Lipinski definition) is 3. The molecule has 0 radical (unpaired) electrons. The van der Waals surface area contributed by atoms with Crippen LogP contribution in [-0.2, 0) is 17.6 Å². The average molecular weight is 299 g/mol. The quantitative estimate of drug-likeness (QED) is 0.826. The summed E-state index contributed by atoms with van der Waals surface area (Å²) in [5.74, 6) is 1.09. The second kappa shape index (κ2) is 8.08. The Morgan fingerprint density at radius 2 is 1.95 bits per heavy atom. The molecule has 2 aromatic rings. The fourth-order valence-electron chi connectivity index (χ4n) is 2.23. The fourth-order valence-corrected chi connectivity index (χ4v) is 2.23. The maximum absolute atomic E-state index is 11.8. The summed E-state index contributed by atoms with van der Waals surface area (Å²) in [5, 5.41) is 12.5. The molecule has 2 rings (SSSR count). The first kappa shape index (κ1) is 15.9. The van der Waals surface area contributed by atoms with Crippen LogP contribution in [0, 0.1) is 0 Å². The maximum atomic E-state index is 11.8. The van der Waals surface area contributed by atoms with Gasteiger partial charge in [-0.25, -0.2) is 0 Å². The minimum atomic E-state index is 0.0123. The van der Waals surface area contributed by atoms with Gasteiger partial charge < -0.3 is 15.2 Å². The molecule has 4 nitrogen and oxygen atoms in total. The van der Waals surface area contributed by atoms with E-state index in [1.54, 1.807) is 19.2 Å². The van der Waals surface area contributed by atoms with Crippen molar-refractivity contribution in [3.05, 3.63) is 59.7 Å². The van der Waals surface area contributed by atoms with Crippen LogP contribution in [0.3, 0.4) is 0 Å². The SMILES string of the molecule is COc1cccc(CCC(=O)NCCc2ccccc2O)c1. The summed E-state index contributed by atoms with van der Waals surface area (Å²) >= 11 is 0. The predicted octanol–water partition coefficient (Wildman–Crippen LogP) is 2.69. The number of nitrogens with one attached hydrogen (secondary N) is 1. The molecule has 22 heavy (non-hydrogen) atoms. The van der Waals surface area contributed by atoms with Gasteiger partial charge >= 0.3 is 0 Å². The number of methoxy groups -OCH3 is 1. The Bertz CT molecular complexity index is 625. The lowest BCUT2D eigenvalue weighted by molar-refractivity contribution is -0.121. The molecule has 2 N–H and O–H groups in total. The lowest BCUT2D eigenvalue weighted by Crippen LogP contribution is -2.25. The molecule has 0 aliphatic rings. The van der Waals surface area contributed by atoms with Crippen molar-refractivity contribution in [2.45, 2.75) is 19.3 Å². The van der Waals surface area contributed by atoms with Crippen molar-refractivity contribution in [3.63, 3.8) is 0 Å². The summed E-state index contributed by atoms with van der Waals surface area (Å²) in [4.78, 5) is 11.8. The van der Waals surface area contributed by atoms with Gasteiger partial charge in [-0.15, -0.1) is 0 Å². The highest BCUT2D eigenvalue weighted by Crippen LogP contribution is 2.16. The monoisotopic (exact) mass is 299 g/mol. The molecule has 0 saturated carbocycles. The maximum Gasteiger partial charge on any atom is 0.220 e. The summed E-state index contributed by atoms with van der Waals surface area (Å²) in [6, 6.07) is 14.9. The molecule has 4 heteroatoms. The Morgan fingerprint density at radius 1 is 1.14 bits per heavy atom. The van der Waals surface area contributed by atoms with Gasteiger partial charge in [0.25, 0.3) is 0 Å². The average Bonchev–Trinajstić information content (AvgIpc) is 2.55. The minimum absolute atomic E-state index is 0.0123. The Labute approximate surface area is 130 Å². The predicted molar refractivity (Wildman–Crippen MR) is 86.1 cm³/mol. The van der Waals surface area contributed by atoms with E-state index in [1.165, 1.54) is 0 Å². The highest BCUT2D eigenvalue weighted by Gasteiger charge is 2.04. The second-order valence-electron chi connectivity index (χ2n) is 5.08. The summed E-state index contributed by atoms with van der Waals surface area (Å²) < 4.78 is 5.16. The number of hydrogen-bond donors (Lipinski definition) is 2. The number of carbonyl (C=O) groups is 1. The van der Waals surface area contributed by atoms with Gasteiger partial charge in [-0.05, 0) is 42.2 Å². The second-order valence-corrected chi connectivity index (χ2v) is 5.08. The van der Waals surface area contributed by atoms with E-state index in [-0.39, 0.29) is 11.7 Å². The molecule has 0 unspecified atom stereocenters. The normalized spacial score (nSPS) is 10.2. The van der Waals surface area contributed by atoms with Crippen LogP contribution >= 0.6 is 0 Å². The van der Waals surface area contributed by atoms with Crippen LogP contribution in [0.5, 0.6) is 11.5 Å². The first-order valence-electron chi connectivity index (χ1n) is 7.35. The molecule has 0 aromatic heterocycles. The van der Waals surface area contributed by atoms with Gasteiger partial charge in [-0.2, -0.15) is 0 Å². The standard InChI is InChI=1S/C18H21NO3/c1-22-16-7-4-5-14(13-16)9-10-18(21)19-12-11-15-6-2-3-8-17(15)20/h2-8,13,20H,9-12H2,1H3,(H,19,21). The molecule has 0 aliphatic heterocycles. The summed E-state index contributed by atoms with van der Waals surface area (Å²) in [5.41, 5.74) is 1.92. The Hall–Kier alpha value is -2.49. The Kier molecular flexibility index (Phi) is 5.83. The molecule has 0 spiro atoms. The smallest absolute Gasteiger partial charge is 0.220 e. The van der Waals surface area contributed by atoms with Gasteiger partial charge in [0.15, 0.2) is 0 Å². The van der Waals surface area contributed by atoms with E-state index in [4.69, 9.17) is 4.74 Å². The number of benzene rings is 2. The van der Waals surface area contributed by atoms with Gasteiger partial charge in [0.1, 0.15) is 11.5 Å². The van der Waals surface area contributed by atoms with E-state index in [2.05, 4.69) is 5.32 Å². The van der Waals surface area contributed by atoms with Crippen molar-refractivity contribution in [2.75, 3.05) is 13.7 Å². The molecule has 0 bridgehead atoms. The number of amides is 1. The summed E-state index contributed by atoms with van der Waals surface area (Å²) in [7, 11) is 1.63. The zero-order chi connectivity index (χ0) is 15.8. The van der Waals surface area contributed by atoms with Crippen LogP contribution < -0.4 is 10.1 Å². The van der Waals surface area contributed by atoms with Crippen LogP contribution in [0.15, 0.2) is 48.5 Å². The molecule has 0 aliphatic carbocycles. The first-order valence-corrected chi connectivity index (χ1v) is 7.35. The molecule has 1 amide bonds. The molecular formula is C18H21NO3. The molecule has 2 aromatic carbocycles. The number of phenols is 1. The molecule has 0 atom stereocenters. The van der Waals surface area contributed by atoms with Crippen LogP contribution in [0.2, 0.25) is 0 Å². The molecule has 0 heterocycles. The van der Waals surface area contributed by atoms with Crippen LogP contribution in [0.1, 0.15) is 17.5 Å². The van der Waals surface area contributed by atoms with Crippen molar-refractivity contribution in [3.8, 4) is 11.5 Å². The lowest BCUT2D eigenvalue weighted by atomic mass is 10.1. The lowest BCUT2D eigenvalue weighted by Gasteiger charge is -2.07. The van der Waals surface area contributed by atoms with E-state index in [1.807, 2.05) is 36.4 Å². The third-order valence-electron chi connectivity index (χ3n) is 3.48. The van der Waals surface area contributed by atoms with Gasteiger partial charge in [0, 0.05) is 13.0 Å². The van der Waals surface area contributed by atoms with E-state index >= 15 is 0 Å². The number of aryl methyl sites for hydroxylation is 1. The summed E-state index contributed by atoms with van der Waals surface area (Å²) in [6.07, 6.45) is 1.74. The first-order chi connectivity index (χ1) is 10.7. The van der Waals surface area contributed by atoms with Crippen LogP contribution in [0.25, 0.3) is 0 Å². The fraction of sp³-hybridized carbons (Fsp3) is 0.278. The number of phenolic OH excluding ortho intramolecular Hbond substituents is 1. The molecule has 0 fully saturated rings. The highest BCUT2D eigenvalue weighted by molar-refractivity contribution is 5.76. The van der Waals surface area contributed by atoms with Crippen molar-refractivity contribution in [1.82, 2.24) is 5.32 Å².